The van der Waals surface area contributed by atoms with Gasteiger partial charge in [0.25, 0.3) is 5.91 Å². The Balaban J connectivity index is 1.83. The lowest BCUT2D eigenvalue weighted by Gasteiger charge is -2.19. The zero-order chi connectivity index (χ0) is 14.8. The summed E-state index contributed by atoms with van der Waals surface area (Å²) in [5, 5.41) is 3.34. The Hall–Kier alpha value is -1.94. The molecule has 5 heteroatoms. The molecule has 108 valence electrons. The minimum atomic E-state index is -0.244. The molecule has 1 amide bonds. The molecule has 1 aromatic heterocycles. The van der Waals surface area contributed by atoms with Crippen LogP contribution in [0.25, 0.3) is 0 Å². The van der Waals surface area contributed by atoms with Crippen molar-refractivity contribution in [2.24, 2.45) is 5.92 Å². The number of carbonyl (C=O) groups is 1. The molecule has 1 N–H and O–H groups in total. The van der Waals surface area contributed by atoms with Gasteiger partial charge in [0.15, 0.2) is 0 Å². The van der Waals surface area contributed by atoms with Crippen LogP contribution >= 0.6 is 11.6 Å². The topological polar surface area (TPSA) is 54.9 Å². The fraction of sp³-hybridized carbons (Fsp3) is 0.312. The highest BCUT2D eigenvalue weighted by Crippen LogP contribution is 2.41. The number of benzene rings is 1. The van der Waals surface area contributed by atoms with E-state index in [1.54, 1.807) is 6.92 Å². The first-order valence-electron chi connectivity index (χ1n) is 7.00. The average molecular weight is 302 g/mol. The number of halogens is 1. The first-order valence-corrected chi connectivity index (χ1v) is 7.38. The predicted molar refractivity (Wildman–Crippen MR) is 81.2 cm³/mol. The summed E-state index contributed by atoms with van der Waals surface area (Å²) in [7, 11) is 0. The quantitative estimate of drug-likeness (QED) is 0.942. The van der Waals surface area contributed by atoms with Gasteiger partial charge in [-0.2, -0.15) is 0 Å². The van der Waals surface area contributed by atoms with Gasteiger partial charge in [-0.25, -0.2) is 9.97 Å². The largest absolute Gasteiger partial charge is 0.344 e. The second-order valence-electron chi connectivity index (χ2n) is 5.31. The number of hydrogen-bond donors (Lipinski definition) is 1. The molecule has 0 saturated heterocycles. The summed E-state index contributed by atoms with van der Waals surface area (Å²) in [4.78, 5) is 20.6. The van der Waals surface area contributed by atoms with Crippen molar-refractivity contribution in [3.8, 4) is 0 Å². The molecule has 1 aliphatic rings. The molecule has 0 radical (unpaired) electrons. The maximum Gasteiger partial charge on any atom is 0.272 e. The van der Waals surface area contributed by atoms with E-state index in [0.717, 1.165) is 18.4 Å². The molecule has 0 spiro atoms. The van der Waals surface area contributed by atoms with Crippen LogP contribution in [0.1, 0.15) is 40.8 Å². The summed E-state index contributed by atoms with van der Waals surface area (Å²) in [5.74, 6) is 0.788. The molecule has 1 fully saturated rings. The number of aryl methyl sites for hydroxylation is 1. The summed E-state index contributed by atoms with van der Waals surface area (Å²) in [6, 6.07) is 10.0. The fourth-order valence-electron chi connectivity index (χ4n) is 2.39. The number of aromatic nitrogens is 2. The van der Waals surface area contributed by atoms with E-state index in [-0.39, 0.29) is 22.7 Å². The third-order valence-corrected chi connectivity index (χ3v) is 3.89. The Kier molecular flexibility index (Phi) is 3.88. The van der Waals surface area contributed by atoms with E-state index in [1.807, 2.05) is 30.3 Å². The average Bonchev–Trinajstić information content (AvgIpc) is 3.32. The van der Waals surface area contributed by atoms with E-state index >= 15 is 0 Å². The van der Waals surface area contributed by atoms with Crippen LogP contribution in [0.2, 0.25) is 5.02 Å². The van der Waals surface area contributed by atoms with Crippen molar-refractivity contribution in [1.29, 1.82) is 0 Å². The summed E-state index contributed by atoms with van der Waals surface area (Å²) in [6.45, 7) is 1.74. The second kappa shape index (κ2) is 5.82. The normalized spacial score (nSPS) is 15.5. The van der Waals surface area contributed by atoms with Gasteiger partial charge >= 0.3 is 0 Å². The van der Waals surface area contributed by atoms with Gasteiger partial charge in [-0.1, -0.05) is 41.9 Å². The Morgan fingerprint density at radius 3 is 2.71 bits per heavy atom. The summed E-state index contributed by atoms with van der Waals surface area (Å²) in [6.07, 6.45) is 3.74. The first kappa shape index (κ1) is 14.0. The highest BCUT2D eigenvalue weighted by Gasteiger charge is 2.34. The van der Waals surface area contributed by atoms with Gasteiger partial charge in [0.1, 0.15) is 11.5 Å². The van der Waals surface area contributed by atoms with Gasteiger partial charge in [0.2, 0.25) is 0 Å². The molecule has 1 atom stereocenters. The van der Waals surface area contributed by atoms with Crippen molar-refractivity contribution in [3.63, 3.8) is 0 Å². The molecule has 0 unspecified atom stereocenters. The van der Waals surface area contributed by atoms with E-state index < -0.39 is 0 Å². The molecular weight excluding hydrogens is 286 g/mol. The Morgan fingerprint density at radius 2 is 2.05 bits per heavy atom. The van der Waals surface area contributed by atoms with Crippen LogP contribution in [0.3, 0.4) is 0 Å². The van der Waals surface area contributed by atoms with Crippen LogP contribution in [0.5, 0.6) is 0 Å². The molecule has 4 nitrogen and oxygen atoms in total. The molecule has 3 rings (SSSR count). The minimum absolute atomic E-state index is 0.0186. The Bertz CT molecular complexity index is 656. The highest BCUT2D eigenvalue weighted by molar-refractivity contribution is 6.33. The van der Waals surface area contributed by atoms with Crippen molar-refractivity contribution >= 4 is 17.5 Å². The van der Waals surface area contributed by atoms with Gasteiger partial charge in [0, 0.05) is 0 Å². The highest BCUT2D eigenvalue weighted by atomic mass is 35.5. The van der Waals surface area contributed by atoms with Crippen LogP contribution < -0.4 is 5.32 Å². The molecule has 1 aliphatic carbocycles. The Labute approximate surface area is 128 Å². The van der Waals surface area contributed by atoms with Crippen LogP contribution in [0, 0.1) is 12.8 Å². The molecule has 1 aromatic carbocycles. The number of amides is 1. The summed E-state index contributed by atoms with van der Waals surface area (Å²) >= 11 is 6.03. The van der Waals surface area contributed by atoms with E-state index in [4.69, 9.17) is 11.6 Å². The first-order chi connectivity index (χ1) is 10.1. The van der Waals surface area contributed by atoms with Gasteiger partial charge < -0.3 is 5.32 Å². The lowest BCUT2D eigenvalue weighted by Crippen LogP contribution is -2.31. The zero-order valence-electron chi connectivity index (χ0n) is 11.7. The summed E-state index contributed by atoms with van der Waals surface area (Å²) in [5.41, 5.74) is 1.36. The summed E-state index contributed by atoms with van der Waals surface area (Å²) < 4.78 is 0. The van der Waals surface area contributed by atoms with E-state index in [0.29, 0.717) is 11.7 Å². The van der Waals surface area contributed by atoms with Gasteiger partial charge in [-0.3, -0.25) is 4.79 Å². The standard InChI is InChI=1S/C16H16ClN3O/c1-10-18-9-13(17)15(19-10)16(21)20-14(12-7-8-12)11-5-3-2-4-6-11/h2-6,9,12,14H,7-8H2,1H3,(H,20,21)/t14-/m1/s1. The van der Waals surface area contributed by atoms with E-state index in [9.17, 15) is 4.79 Å². The fourth-order valence-corrected chi connectivity index (χ4v) is 2.56. The monoisotopic (exact) mass is 301 g/mol. The molecule has 0 aliphatic heterocycles. The number of carbonyl (C=O) groups excluding carboxylic acids is 1. The third-order valence-electron chi connectivity index (χ3n) is 3.62. The van der Waals surface area contributed by atoms with Crippen molar-refractivity contribution < 1.29 is 4.79 Å². The number of rotatable bonds is 4. The molecule has 21 heavy (non-hydrogen) atoms. The third kappa shape index (κ3) is 3.22. The molecule has 1 heterocycles. The SMILES string of the molecule is Cc1ncc(Cl)c(C(=O)N[C@H](c2ccccc2)C2CC2)n1. The molecule has 0 bridgehead atoms. The van der Waals surface area contributed by atoms with Gasteiger partial charge in [-0.15, -0.1) is 0 Å². The zero-order valence-corrected chi connectivity index (χ0v) is 12.5. The van der Waals surface area contributed by atoms with Crippen molar-refractivity contribution in [2.75, 3.05) is 0 Å². The van der Waals surface area contributed by atoms with Crippen LogP contribution in [0.15, 0.2) is 36.5 Å². The lowest BCUT2D eigenvalue weighted by atomic mass is 10.0. The number of hydrogen-bond acceptors (Lipinski definition) is 3. The lowest BCUT2D eigenvalue weighted by molar-refractivity contribution is 0.0926. The molecular formula is C16H16ClN3O. The maximum atomic E-state index is 12.4. The number of nitrogens with zero attached hydrogens (tertiary/aromatic N) is 2. The van der Waals surface area contributed by atoms with Gasteiger partial charge in [0.05, 0.1) is 17.3 Å². The van der Waals surface area contributed by atoms with Crippen LogP contribution in [0.4, 0.5) is 0 Å². The maximum absolute atomic E-state index is 12.4. The van der Waals surface area contributed by atoms with Crippen LogP contribution in [-0.2, 0) is 0 Å². The predicted octanol–water partition coefficient (Wildman–Crippen LogP) is 3.32. The van der Waals surface area contributed by atoms with Crippen molar-refractivity contribution in [1.82, 2.24) is 15.3 Å². The number of nitrogens with one attached hydrogen (secondary N) is 1. The Morgan fingerprint density at radius 1 is 1.33 bits per heavy atom. The molecule has 2 aromatic rings. The van der Waals surface area contributed by atoms with E-state index in [1.165, 1.54) is 6.20 Å². The van der Waals surface area contributed by atoms with E-state index in [2.05, 4.69) is 15.3 Å². The van der Waals surface area contributed by atoms with Crippen molar-refractivity contribution in [3.05, 3.63) is 58.6 Å². The minimum Gasteiger partial charge on any atom is -0.344 e. The van der Waals surface area contributed by atoms with Gasteiger partial charge in [-0.05, 0) is 31.2 Å². The molecule has 1 saturated carbocycles. The van der Waals surface area contributed by atoms with Crippen LogP contribution in [-0.4, -0.2) is 15.9 Å². The smallest absolute Gasteiger partial charge is 0.272 e. The van der Waals surface area contributed by atoms with Crippen molar-refractivity contribution in [2.45, 2.75) is 25.8 Å². The second-order valence-corrected chi connectivity index (χ2v) is 5.72.